The first-order chi connectivity index (χ1) is 37.6. The minimum atomic E-state index is 0.505. The highest BCUT2D eigenvalue weighted by atomic mass is 15.0. The molecule has 3 heterocycles. The molecule has 76 heavy (non-hydrogen) atoms. The number of benzene rings is 11. The summed E-state index contributed by atoms with van der Waals surface area (Å²) in [6, 6.07) is 98.7. The van der Waals surface area contributed by atoms with Crippen molar-refractivity contribution in [2.45, 2.75) is 0 Å². The van der Waals surface area contributed by atoms with Crippen molar-refractivity contribution in [1.82, 2.24) is 19.1 Å². The van der Waals surface area contributed by atoms with Gasteiger partial charge in [-0.1, -0.05) is 206 Å². The summed E-state index contributed by atoms with van der Waals surface area (Å²) < 4.78 is 4.67. The molecule has 0 aliphatic rings. The molecular formula is C71H45N5. The predicted molar refractivity (Wildman–Crippen MR) is 313 cm³/mol. The Morgan fingerprint density at radius 3 is 0.829 bits per heavy atom. The fourth-order valence-electron chi connectivity index (χ4n) is 11.1. The number of nitrogens with zero attached hydrogens (tertiary/aromatic N) is 5. The van der Waals surface area contributed by atoms with Crippen LogP contribution in [0.1, 0.15) is 5.56 Å². The van der Waals surface area contributed by atoms with Crippen molar-refractivity contribution in [3.63, 3.8) is 0 Å². The van der Waals surface area contributed by atoms with Crippen molar-refractivity contribution in [3.05, 3.63) is 279 Å². The van der Waals surface area contributed by atoms with Crippen LogP contribution in [0.5, 0.6) is 0 Å². The maximum absolute atomic E-state index is 11.3. The number of aromatic nitrogens is 4. The average Bonchev–Trinajstić information content (AvgIpc) is 4.17. The zero-order valence-corrected chi connectivity index (χ0v) is 41.2. The molecular weight excluding hydrogens is 923 g/mol. The Morgan fingerprint density at radius 1 is 0.276 bits per heavy atom. The van der Waals surface area contributed by atoms with Crippen LogP contribution in [0.15, 0.2) is 273 Å². The monoisotopic (exact) mass is 967 g/mol. The van der Waals surface area contributed by atoms with Crippen LogP contribution < -0.4 is 0 Å². The molecule has 5 heteroatoms. The van der Waals surface area contributed by atoms with E-state index in [4.69, 9.17) is 9.97 Å². The van der Waals surface area contributed by atoms with Gasteiger partial charge >= 0.3 is 0 Å². The number of fused-ring (bicyclic) bond motifs is 6. The first-order valence-electron chi connectivity index (χ1n) is 25.6. The van der Waals surface area contributed by atoms with Crippen LogP contribution in [0.3, 0.4) is 0 Å². The molecule has 0 unspecified atom stereocenters. The van der Waals surface area contributed by atoms with Crippen LogP contribution in [-0.4, -0.2) is 19.1 Å². The first kappa shape index (κ1) is 44.3. The molecule has 354 valence electrons. The lowest BCUT2D eigenvalue weighted by molar-refractivity contribution is 1.10. The van der Waals surface area contributed by atoms with Gasteiger partial charge in [-0.25, -0.2) is 9.97 Å². The van der Waals surface area contributed by atoms with Crippen LogP contribution in [0.25, 0.3) is 133 Å². The van der Waals surface area contributed by atoms with Gasteiger partial charge in [-0.15, -0.1) is 0 Å². The van der Waals surface area contributed by atoms with Gasteiger partial charge in [0.2, 0.25) is 0 Å². The number of rotatable bonds is 9. The minimum absolute atomic E-state index is 0.505. The summed E-state index contributed by atoms with van der Waals surface area (Å²) in [4.78, 5) is 11.2. The fourth-order valence-corrected chi connectivity index (χ4v) is 11.1. The number of hydrogen-bond donors (Lipinski definition) is 0. The second-order valence-electron chi connectivity index (χ2n) is 19.3. The zero-order valence-electron chi connectivity index (χ0n) is 41.2. The SMILES string of the molecule is N#Cc1cc(-n2c3ccc(-c4ccccc4)cc3c3cc(-c4ccccc4)ccc32)c(-c2nc(-c3ccccc3)cc(-c3ccccc3)n2)c(-n2c3ccc(-c4ccccc4)cc3c3cc(-c4ccccc4)ccc32)c1. The van der Waals surface area contributed by atoms with Gasteiger partial charge in [-0.05, 0) is 111 Å². The largest absolute Gasteiger partial charge is 0.308 e. The molecule has 0 radical (unpaired) electrons. The summed E-state index contributed by atoms with van der Waals surface area (Å²) in [5, 5.41) is 15.7. The van der Waals surface area contributed by atoms with Crippen molar-refractivity contribution in [2.24, 2.45) is 0 Å². The van der Waals surface area contributed by atoms with Crippen LogP contribution in [0.4, 0.5) is 0 Å². The highest BCUT2D eigenvalue weighted by Gasteiger charge is 2.27. The highest BCUT2D eigenvalue weighted by Crippen LogP contribution is 2.45. The fraction of sp³-hybridized carbons (Fsp3) is 0. The van der Waals surface area contributed by atoms with Gasteiger partial charge in [0.15, 0.2) is 5.82 Å². The number of nitriles is 1. The quantitative estimate of drug-likeness (QED) is 0.145. The van der Waals surface area contributed by atoms with Crippen LogP contribution in [0.2, 0.25) is 0 Å². The standard InChI is InChI=1S/C71H45N5/c72-46-47-39-68(75-64-35-31-54(48-19-7-1-8-20-48)41-58(64)59-42-55(32-36-65(59)75)49-21-9-2-10-22-49)70(71-73-62(52-27-15-5-16-28-52)45-63(74-71)53-29-17-6-18-30-53)69(40-47)76-66-37-33-56(50-23-11-3-12-24-50)43-60(66)61-44-57(34-38-67(61)76)51-25-13-4-14-26-51/h1-45H. The predicted octanol–water partition coefficient (Wildman–Crippen LogP) is 18.2. The normalized spacial score (nSPS) is 11.4. The number of hydrogen-bond acceptors (Lipinski definition) is 3. The van der Waals surface area contributed by atoms with E-state index in [1.165, 1.54) is 0 Å². The summed E-state index contributed by atoms with van der Waals surface area (Å²) >= 11 is 0. The van der Waals surface area contributed by atoms with E-state index in [0.717, 1.165) is 128 Å². The summed E-state index contributed by atoms with van der Waals surface area (Å²) in [6.45, 7) is 0. The third kappa shape index (κ3) is 7.72. The van der Waals surface area contributed by atoms with E-state index in [9.17, 15) is 5.26 Å². The molecule has 11 aromatic carbocycles. The average molecular weight is 968 g/mol. The third-order valence-electron chi connectivity index (χ3n) is 14.8. The van der Waals surface area contributed by atoms with Crippen LogP contribution in [0, 0.1) is 11.3 Å². The molecule has 5 nitrogen and oxygen atoms in total. The minimum Gasteiger partial charge on any atom is -0.308 e. The summed E-state index contributed by atoms with van der Waals surface area (Å²) in [5.74, 6) is 0.531. The van der Waals surface area contributed by atoms with Gasteiger partial charge in [-0.2, -0.15) is 5.26 Å². The molecule has 0 atom stereocenters. The summed E-state index contributed by atoms with van der Waals surface area (Å²) in [6.07, 6.45) is 0. The Balaban J connectivity index is 1.14. The third-order valence-corrected chi connectivity index (χ3v) is 14.8. The Morgan fingerprint density at radius 2 is 0.553 bits per heavy atom. The van der Waals surface area contributed by atoms with E-state index in [0.29, 0.717) is 11.4 Å². The maximum atomic E-state index is 11.3. The van der Waals surface area contributed by atoms with Gasteiger partial charge in [0, 0.05) is 32.7 Å². The molecule has 0 saturated heterocycles. The highest BCUT2D eigenvalue weighted by molar-refractivity contribution is 6.14. The van der Waals surface area contributed by atoms with E-state index >= 15 is 0 Å². The van der Waals surface area contributed by atoms with Crippen molar-refractivity contribution in [1.29, 1.82) is 5.26 Å². The lowest BCUT2D eigenvalue weighted by atomic mass is 10.0. The van der Waals surface area contributed by atoms with Crippen molar-refractivity contribution < 1.29 is 0 Å². The second kappa shape index (κ2) is 18.6. The van der Waals surface area contributed by atoms with E-state index in [1.807, 2.05) is 24.3 Å². The molecule has 0 fully saturated rings. The van der Waals surface area contributed by atoms with Crippen LogP contribution in [-0.2, 0) is 0 Å². The summed E-state index contributed by atoms with van der Waals surface area (Å²) in [7, 11) is 0. The van der Waals surface area contributed by atoms with Gasteiger partial charge in [0.1, 0.15) is 0 Å². The van der Waals surface area contributed by atoms with Crippen molar-refractivity contribution >= 4 is 43.6 Å². The van der Waals surface area contributed by atoms with E-state index in [2.05, 4.69) is 264 Å². The van der Waals surface area contributed by atoms with Gasteiger partial charge in [0.25, 0.3) is 0 Å². The lowest BCUT2D eigenvalue weighted by Gasteiger charge is -2.21. The Labute approximate surface area is 440 Å². The van der Waals surface area contributed by atoms with Crippen LogP contribution >= 0.6 is 0 Å². The van der Waals surface area contributed by atoms with E-state index in [-0.39, 0.29) is 0 Å². The molecule has 0 aliphatic heterocycles. The van der Waals surface area contributed by atoms with Crippen molar-refractivity contribution in [3.8, 4) is 95.9 Å². The van der Waals surface area contributed by atoms with E-state index < -0.39 is 0 Å². The maximum Gasteiger partial charge on any atom is 0.164 e. The second-order valence-corrected chi connectivity index (χ2v) is 19.3. The molecule has 0 N–H and O–H groups in total. The van der Waals surface area contributed by atoms with Gasteiger partial charge in [0.05, 0.1) is 62.0 Å². The topological polar surface area (TPSA) is 59.4 Å². The Hall–Kier alpha value is -10.4. The van der Waals surface area contributed by atoms with E-state index in [1.54, 1.807) is 0 Å². The summed E-state index contributed by atoms with van der Waals surface area (Å²) in [5.41, 5.74) is 19.3. The molecule has 3 aromatic heterocycles. The molecule has 14 rings (SSSR count). The lowest BCUT2D eigenvalue weighted by Crippen LogP contribution is -2.07. The molecule has 14 aromatic rings. The Kier molecular flexibility index (Phi) is 10.8. The first-order valence-corrected chi connectivity index (χ1v) is 25.6. The molecule has 0 saturated carbocycles. The smallest absolute Gasteiger partial charge is 0.164 e. The molecule has 0 aliphatic carbocycles. The van der Waals surface area contributed by atoms with Gasteiger partial charge < -0.3 is 9.13 Å². The Bertz CT molecular complexity index is 4070. The van der Waals surface area contributed by atoms with Crippen molar-refractivity contribution in [2.75, 3.05) is 0 Å². The zero-order chi connectivity index (χ0) is 50.5. The molecule has 0 amide bonds. The van der Waals surface area contributed by atoms with Gasteiger partial charge in [-0.3, -0.25) is 0 Å². The molecule has 0 spiro atoms. The molecule has 0 bridgehead atoms.